The van der Waals surface area contributed by atoms with Gasteiger partial charge in [0.25, 0.3) is 0 Å². The molecule has 0 N–H and O–H groups in total. The van der Waals surface area contributed by atoms with Crippen molar-refractivity contribution in [3.05, 3.63) is 60.7 Å². The molecule has 4 heteroatoms. The molecule has 0 saturated heterocycles. The SMILES string of the molecule is [BH3-][PH+](CC[PH+]([BH3-])c1ccccc1)c1ccccc1. The molecular formula is C14H22B2P2. The van der Waals surface area contributed by atoms with Crippen LogP contribution in [0.4, 0.5) is 0 Å². The summed E-state index contributed by atoms with van der Waals surface area (Å²) in [6.45, 7) is 0. The first-order chi connectivity index (χ1) is 8.77. The van der Waals surface area contributed by atoms with E-state index in [4.69, 9.17) is 0 Å². The van der Waals surface area contributed by atoms with Gasteiger partial charge in [0.2, 0.25) is 0 Å². The fraction of sp³-hybridized carbons (Fsp3) is 0.143. The zero-order valence-electron chi connectivity index (χ0n) is 9.19. The summed E-state index contributed by atoms with van der Waals surface area (Å²) < 4.78 is 0. The summed E-state index contributed by atoms with van der Waals surface area (Å²) in [4.78, 5) is 0. The molecular weight excluding hydrogens is 252 g/mol. The van der Waals surface area contributed by atoms with Crippen LogP contribution >= 0.6 is 15.6 Å². The lowest BCUT2D eigenvalue weighted by molar-refractivity contribution is 1.53. The number of rotatable bonds is 5. The summed E-state index contributed by atoms with van der Waals surface area (Å²) in [6.07, 6.45) is 3.14. The van der Waals surface area contributed by atoms with Crippen LogP contribution in [0.1, 0.15) is 0 Å². The third-order valence-corrected chi connectivity index (χ3v) is 5.31. The lowest BCUT2D eigenvalue weighted by atomic mass is 10.4. The molecule has 0 fully saturated rings. The van der Waals surface area contributed by atoms with Crippen LogP contribution in [0.3, 0.4) is 0 Å². The van der Waals surface area contributed by atoms with Crippen molar-refractivity contribution < 1.29 is 0 Å². The van der Waals surface area contributed by atoms with Gasteiger partial charge in [-0.2, -0.15) is 0 Å². The first kappa shape index (κ1) is 13.9. The van der Waals surface area contributed by atoms with Crippen molar-refractivity contribution in [2.24, 2.45) is 0 Å². The Labute approximate surface area is 114 Å². The van der Waals surface area contributed by atoms with Crippen LogP contribution in [-0.2, 0) is 0 Å². The molecule has 0 aliphatic heterocycles. The molecule has 0 bridgehead atoms. The monoisotopic (exact) mass is 274 g/mol. The Bertz CT molecular complexity index is 416. The Balaban J connectivity index is 1.89. The van der Waals surface area contributed by atoms with Gasteiger partial charge < -0.3 is 0 Å². The zero-order valence-corrected chi connectivity index (χ0v) is 11.2. The highest BCUT2D eigenvalue weighted by molar-refractivity contribution is 7.91. The quantitative estimate of drug-likeness (QED) is 0.554. The highest BCUT2D eigenvalue weighted by atomic mass is 31.1. The normalized spacial score (nSPS) is 14.1. The minimum Gasteiger partial charge on any atom is -0.134 e. The predicted molar refractivity (Wildman–Crippen MR) is 98.4 cm³/mol. The van der Waals surface area contributed by atoms with E-state index in [9.17, 15) is 0 Å². The molecule has 0 nitrogen and oxygen atoms in total. The van der Waals surface area contributed by atoms with E-state index >= 15 is 0 Å². The molecule has 2 atom stereocenters. The van der Waals surface area contributed by atoms with E-state index in [2.05, 4.69) is 60.7 Å². The van der Waals surface area contributed by atoms with Crippen LogP contribution in [0.2, 0.25) is 0 Å². The van der Waals surface area contributed by atoms with Crippen molar-refractivity contribution in [1.29, 1.82) is 0 Å². The van der Waals surface area contributed by atoms with Gasteiger partial charge in [-0.1, -0.05) is 36.4 Å². The van der Waals surface area contributed by atoms with Gasteiger partial charge in [0.1, 0.15) is 15.1 Å². The minimum absolute atomic E-state index is 0.0539. The van der Waals surface area contributed by atoms with Gasteiger partial charge in [-0.25, -0.2) is 0 Å². The number of benzene rings is 2. The summed E-state index contributed by atoms with van der Waals surface area (Å²) in [5.41, 5.74) is 0. The fourth-order valence-corrected chi connectivity index (χ4v) is 3.96. The van der Waals surface area contributed by atoms with Gasteiger partial charge in [-0.3, -0.25) is 0 Å². The van der Waals surface area contributed by atoms with E-state index in [1.54, 1.807) is 22.9 Å². The molecule has 0 amide bonds. The second-order valence-electron chi connectivity index (χ2n) is 3.59. The van der Waals surface area contributed by atoms with Crippen molar-refractivity contribution in [2.45, 2.75) is 0 Å². The molecule has 2 rings (SSSR count). The van der Waals surface area contributed by atoms with Gasteiger partial charge in [-0.05, 0) is 24.3 Å². The molecule has 2 aromatic carbocycles. The average Bonchev–Trinajstić information content (AvgIpc) is 2.46. The molecule has 0 heterocycles. The van der Waals surface area contributed by atoms with Gasteiger partial charge in [0.05, 0.1) is 12.3 Å². The van der Waals surface area contributed by atoms with E-state index in [-0.39, 0.29) is 15.6 Å². The van der Waals surface area contributed by atoms with Crippen LogP contribution in [0, 0.1) is 0 Å². The second kappa shape index (κ2) is 7.13. The highest BCUT2D eigenvalue weighted by Gasteiger charge is 2.12. The number of hydrogen-bond acceptors (Lipinski definition) is 0. The molecule has 0 aromatic heterocycles. The summed E-state index contributed by atoms with van der Waals surface area (Å²) in [5.74, 6) is 0. The highest BCUT2D eigenvalue weighted by Crippen LogP contribution is 2.35. The molecule has 2 aromatic rings. The van der Waals surface area contributed by atoms with Crippen LogP contribution < -0.4 is 10.6 Å². The lowest BCUT2D eigenvalue weighted by Gasteiger charge is -2.14. The second-order valence-corrected chi connectivity index (χ2v) is 6.45. The Morgan fingerprint density at radius 2 is 0.944 bits per heavy atom. The van der Waals surface area contributed by atoms with Gasteiger partial charge in [-0.15, -0.1) is 15.6 Å². The molecule has 0 spiro atoms. The topological polar surface area (TPSA) is 0 Å². The summed E-state index contributed by atoms with van der Waals surface area (Å²) >= 11 is 0. The molecule has 18 heavy (non-hydrogen) atoms. The van der Waals surface area contributed by atoms with E-state index < -0.39 is 0 Å². The van der Waals surface area contributed by atoms with Gasteiger partial charge in [0, 0.05) is 10.6 Å². The first-order valence-corrected chi connectivity index (χ1v) is 7.94. The first-order valence-electron chi connectivity index (χ1n) is 5.53. The third-order valence-electron chi connectivity index (χ3n) is 2.33. The Kier molecular flexibility index (Phi) is 5.48. The largest absolute Gasteiger partial charge is 0.134 e. The van der Waals surface area contributed by atoms with Crippen molar-refractivity contribution in [2.75, 3.05) is 12.3 Å². The smallest absolute Gasteiger partial charge is 0.130 e. The molecule has 94 valence electrons. The zero-order chi connectivity index (χ0) is 12.8. The Hall–Kier alpha value is -0.570. The van der Waals surface area contributed by atoms with Crippen molar-refractivity contribution in [3.63, 3.8) is 0 Å². The van der Waals surface area contributed by atoms with Crippen LogP contribution in [-0.4, -0.2) is 27.5 Å². The van der Waals surface area contributed by atoms with Crippen LogP contribution in [0.5, 0.6) is 0 Å². The number of hydrogen-bond donors (Lipinski definition) is 0. The maximum atomic E-state index is 2.37. The van der Waals surface area contributed by atoms with Crippen molar-refractivity contribution in [3.8, 4) is 0 Å². The summed E-state index contributed by atoms with van der Waals surface area (Å²) in [7, 11) is 0.942. The van der Waals surface area contributed by atoms with Gasteiger partial charge in [0.15, 0.2) is 0 Å². The van der Waals surface area contributed by atoms with Crippen LogP contribution in [0.15, 0.2) is 60.7 Å². The molecule has 0 aliphatic carbocycles. The lowest BCUT2D eigenvalue weighted by Crippen LogP contribution is -2.08. The van der Waals surface area contributed by atoms with E-state index in [0.29, 0.717) is 15.1 Å². The van der Waals surface area contributed by atoms with Gasteiger partial charge >= 0.3 is 0 Å². The standard InChI is InChI=1S/C14H22B2P2/c15-17(13-7-3-1-4-8-13)11-12-18(16)14-9-5-2-6-10-14/h1-10,17-18H,11-12H2,15-16H3. The van der Waals surface area contributed by atoms with E-state index in [1.165, 1.54) is 0 Å². The van der Waals surface area contributed by atoms with E-state index in [1.807, 2.05) is 0 Å². The van der Waals surface area contributed by atoms with Crippen LogP contribution in [0.25, 0.3) is 0 Å². The fourth-order valence-electron chi connectivity index (χ4n) is 1.53. The maximum Gasteiger partial charge on any atom is 0.130 e. The third kappa shape index (κ3) is 3.98. The van der Waals surface area contributed by atoms with Crippen molar-refractivity contribution in [1.82, 2.24) is 0 Å². The molecule has 0 radical (unpaired) electrons. The average molecular weight is 274 g/mol. The minimum atomic E-state index is -0.0539. The van der Waals surface area contributed by atoms with E-state index in [0.717, 1.165) is 0 Å². The molecule has 0 saturated carbocycles. The Morgan fingerprint density at radius 3 is 1.28 bits per heavy atom. The summed E-state index contributed by atoms with van der Waals surface area (Å²) in [5, 5.41) is 3.43. The maximum absolute atomic E-state index is 2.37. The van der Waals surface area contributed by atoms with Crippen molar-refractivity contribution >= 4 is 41.3 Å². The summed E-state index contributed by atoms with van der Waals surface area (Å²) in [6, 6.07) is 22.7. The Morgan fingerprint density at radius 1 is 0.611 bits per heavy atom. The molecule has 0 aliphatic rings. The predicted octanol–water partition coefficient (Wildman–Crippen LogP) is 0.627. The molecule has 2 unspecified atom stereocenters.